The van der Waals surface area contributed by atoms with Crippen LogP contribution in [0, 0.1) is 5.82 Å². The van der Waals surface area contributed by atoms with Gasteiger partial charge in [-0.3, -0.25) is 9.59 Å². The molecule has 2 rings (SSSR count). The summed E-state index contributed by atoms with van der Waals surface area (Å²) < 4.78 is 19.1. The maximum atomic E-state index is 13.3. The molecule has 2 aromatic rings. The van der Waals surface area contributed by atoms with Crippen molar-refractivity contribution in [3.63, 3.8) is 0 Å². The number of hydrogen-bond donors (Lipinski definition) is 1. The lowest BCUT2D eigenvalue weighted by molar-refractivity contribution is -0.143. The van der Waals surface area contributed by atoms with E-state index < -0.39 is 6.04 Å². The highest BCUT2D eigenvalue weighted by molar-refractivity contribution is 5.88. The number of rotatable bonds is 9. The van der Waals surface area contributed by atoms with Crippen molar-refractivity contribution in [2.24, 2.45) is 0 Å². The second-order valence-corrected chi connectivity index (χ2v) is 9.30. The molecule has 0 aliphatic rings. The van der Waals surface area contributed by atoms with Gasteiger partial charge in [-0.1, -0.05) is 52.0 Å². The molecule has 32 heavy (non-hydrogen) atoms. The summed E-state index contributed by atoms with van der Waals surface area (Å²) in [6.07, 6.45) is 0.450. The first-order valence-electron chi connectivity index (χ1n) is 11.1. The Bertz CT molecular complexity index is 887. The van der Waals surface area contributed by atoms with Crippen LogP contribution in [0.4, 0.5) is 4.39 Å². The van der Waals surface area contributed by atoms with Gasteiger partial charge < -0.3 is 15.0 Å². The topological polar surface area (TPSA) is 58.6 Å². The largest absolute Gasteiger partial charge is 0.484 e. The third-order valence-electron chi connectivity index (χ3n) is 5.17. The zero-order chi connectivity index (χ0) is 23.9. The molecule has 0 unspecified atom stereocenters. The van der Waals surface area contributed by atoms with E-state index in [9.17, 15) is 14.0 Å². The molecule has 0 saturated heterocycles. The summed E-state index contributed by atoms with van der Waals surface area (Å²) in [7, 11) is 0. The van der Waals surface area contributed by atoms with Gasteiger partial charge in [-0.05, 0) is 61.1 Å². The number of carbonyl (C=O) groups is 2. The number of ether oxygens (including phenoxy) is 1. The van der Waals surface area contributed by atoms with Gasteiger partial charge in [-0.2, -0.15) is 0 Å². The highest BCUT2D eigenvalue weighted by Crippen LogP contribution is 2.24. The van der Waals surface area contributed by atoms with Crippen molar-refractivity contribution in [3.05, 3.63) is 65.5 Å². The van der Waals surface area contributed by atoms with Gasteiger partial charge in [0.25, 0.3) is 5.91 Å². The molecule has 6 heteroatoms. The van der Waals surface area contributed by atoms with Crippen LogP contribution in [0.2, 0.25) is 0 Å². The molecule has 0 aliphatic carbocycles. The monoisotopic (exact) mass is 442 g/mol. The number of carbonyl (C=O) groups excluding carboxylic acids is 2. The van der Waals surface area contributed by atoms with E-state index in [0.717, 1.165) is 5.56 Å². The molecule has 0 saturated carbocycles. The summed E-state index contributed by atoms with van der Waals surface area (Å²) in [6.45, 7) is 12.0. The predicted molar refractivity (Wildman–Crippen MR) is 125 cm³/mol. The van der Waals surface area contributed by atoms with Gasteiger partial charge in [-0.15, -0.1) is 0 Å². The molecule has 5 nitrogen and oxygen atoms in total. The molecule has 0 heterocycles. The average molecular weight is 443 g/mol. The summed E-state index contributed by atoms with van der Waals surface area (Å²) in [4.78, 5) is 27.4. The molecular weight excluding hydrogens is 407 g/mol. The third kappa shape index (κ3) is 7.36. The Kier molecular flexibility index (Phi) is 8.81. The Morgan fingerprint density at radius 1 is 1.03 bits per heavy atom. The fraction of sp³-hybridized carbons (Fsp3) is 0.462. The van der Waals surface area contributed by atoms with Crippen molar-refractivity contribution in [2.75, 3.05) is 6.61 Å². The predicted octanol–water partition coefficient (Wildman–Crippen LogP) is 4.83. The Labute approximate surface area is 191 Å². The number of amides is 2. The van der Waals surface area contributed by atoms with Gasteiger partial charge in [0.1, 0.15) is 17.6 Å². The van der Waals surface area contributed by atoms with Crippen LogP contribution in [0.1, 0.15) is 59.1 Å². The van der Waals surface area contributed by atoms with Gasteiger partial charge in [0.15, 0.2) is 6.61 Å². The van der Waals surface area contributed by atoms with E-state index in [1.54, 1.807) is 12.1 Å². The molecular formula is C26H35FN2O3. The Morgan fingerprint density at radius 3 is 2.12 bits per heavy atom. The van der Waals surface area contributed by atoms with E-state index in [-0.39, 0.29) is 42.2 Å². The van der Waals surface area contributed by atoms with Crippen molar-refractivity contribution < 1.29 is 18.7 Å². The summed E-state index contributed by atoms with van der Waals surface area (Å²) in [5.74, 6) is -0.279. The lowest BCUT2D eigenvalue weighted by Gasteiger charge is -2.31. The molecule has 1 atom stereocenters. The van der Waals surface area contributed by atoms with Gasteiger partial charge >= 0.3 is 0 Å². The number of nitrogens with zero attached hydrogens (tertiary/aromatic N) is 1. The summed E-state index contributed by atoms with van der Waals surface area (Å²) >= 11 is 0. The van der Waals surface area contributed by atoms with Crippen molar-refractivity contribution in [2.45, 2.75) is 72.0 Å². The van der Waals surface area contributed by atoms with E-state index in [1.165, 1.54) is 22.6 Å². The van der Waals surface area contributed by atoms with E-state index in [2.05, 4.69) is 26.1 Å². The summed E-state index contributed by atoms with van der Waals surface area (Å²) in [5.41, 5.74) is 1.94. The molecule has 174 valence electrons. The van der Waals surface area contributed by atoms with Crippen LogP contribution >= 0.6 is 0 Å². The molecule has 0 bridgehead atoms. The van der Waals surface area contributed by atoms with Gasteiger partial charge in [-0.25, -0.2) is 4.39 Å². The van der Waals surface area contributed by atoms with Crippen LogP contribution in [0.5, 0.6) is 5.75 Å². The van der Waals surface area contributed by atoms with Gasteiger partial charge in [0.05, 0.1) is 0 Å². The van der Waals surface area contributed by atoms with Crippen LogP contribution in [0.15, 0.2) is 48.5 Å². The highest BCUT2D eigenvalue weighted by atomic mass is 19.1. The molecule has 1 N–H and O–H groups in total. The minimum atomic E-state index is -0.651. The number of benzene rings is 2. The lowest BCUT2D eigenvalue weighted by Crippen LogP contribution is -2.51. The van der Waals surface area contributed by atoms with Gasteiger partial charge in [0, 0.05) is 12.6 Å². The normalized spacial score (nSPS) is 12.4. The minimum absolute atomic E-state index is 0.0262. The van der Waals surface area contributed by atoms with E-state index in [1.807, 2.05) is 45.0 Å². The molecule has 0 aromatic heterocycles. The Hall–Kier alpha value is -2.89. The van der Waals surface area contributed by atoms with Crippen LogP contribution in [0.25, 0.3) is 0 Å². The molecule has 0 spiro atoms. The first kappa shape index (κ1) is 25.4. The average Bonchev–Trinajstić information content (AvgIpc) is 2.72. The second kappa shape index (κ2) is 11.1. The van der Waals surface area contributed by atoms with Crippen LogP contribution < -0.4 is 10.1 Å². The first-order chi connectivity index (χ1) is 15.0. The van der Waals surface area contributed by atoms with E-state index >= 15 is 0 Å². The number of nitrogens with one attached hydrogen (secondary N) is 1. The minimum Gasteiger partial charge on any atom is -0.484 e. The number of halogens is 1. The number of hydrogen-bond acceptors (Lipinski definition) is 3. The standard InChI is InChI=1S/C26H35FN2O3/c1-7-23(25(31)28-18(2)3)29(16-19-8-12-21(27)13-9-19)24(30)17-32-22-14-10-20(11-15-22)26(4,5)6/h8-15,18,23H,7,16-17H2,1-6H3,(H,28,31)/t23-/m0/s1. The van der Waals surface area contributed by atoms with Crippen molar-refractivity contribution in [1.29, 1.82) is 0 Å². The quantitative estimate of drug-likeness (QED) is 0.605. The van der Waals surface area contributed by atoms with Crippen molar-refractivity contribution >= 4 is 11.8 Å². The third-order valence-corrected chi connectivity index (χ3v) is 5.17. The maximum absolute atomic E-state index is 13.3. The molecule has 2 aromatic carbocycles. The first-order valence-corrected chi connectivity index (χ1v) is 11.1. The van der Waals surface area contributed by atoms with Crippen LogP contribution in [-0.4, -0.2) is 35.4 Å². The van der Waals surface area contributed by atoms with E-state index in [0.29, 0.717) is 12.2 Å². The molecule has 0 radical (unpaired) electrons. The highest BCUT2D eigenvalue weighted by Gasteiger charge is 2.29. The Morgan fingerprint density at radius 2 is 1.62 bits per heavy atom. The lowest BCUT2D eigenvalue weighted by atomic mass is 9.87. The van der Waals surface area contributed by atoms with Crippen molar-refractivity contribution in [1.82, 2.24) is 10.2 Å². The molecule has 0 aliphatic heterocycles. The molecule has 2 amide bonds. The molecule has 0 fully saturated rings. The summed E-state index contributed by atoms with van der Waals surface area (Å²) in [6, 6.07) is 12.9. The zero-order valence-electron chi connectivity index (χ0n) is 19.9. The Balaban J connectivity index is 2.18. The summed E-state index contributed by atoms with van der Waals surface area (Å²) in [5, 5.41) is 2.88. The van der Waals surface area contributed by atoms with Gasteiger partial charge in [0.2, 0.25) is 5.91 Å². The fourth-order valence-electron chi connectivity index (χ4n) is 3.37. The van der Waals surface area contributed by atoms with Crippen molar-refractivity contribution in [3.8, 4) is 5.75 Å². The maximum Gasteiger partial charge on any atom is 0.261 e. The van der Waals surface area contributed by atoms with Crippen LogP contribution in [-0.2, 0) is 21.5 Å². The second-order valence-electron chi connectivity index (χ2n) is 9.30. The smallest absolute Gasteiger partial charge is 0.261 e. The SMILES string of the molecule is CC[C@@H](C(=O)NC(C)C)N(Cc1ccc(F)cc1)C(=O)COc1ccc(C(C)(C)C)cc1. The fourth-order valence-corrected chi connectivity index (χ4v) is 3.37. The van der Waals surface area contributed by atoms with Crippen LogP contribution in [0.3, 0.4) is 0 Å². The van der Waals surface area contributed by atoms with E-state index in [4.69, 9.17) is 4.74 Å². The zero-order valence-corrected chi connectivity index (χ0v) is 19.9.